The lowest BCUT2D eigenvalue weighted by Gasteiger charge is -2.23. The molecule has 0 aliphatic carbocycles. The molecule has 0 saturated carbocycles. The first-order valence-electron chi connectivity index (χ1n) is 8.11. The van der Waals surface area contributed by atoms with Gasteiger partial charge >= 0.3 is 0 Å². The van der Waals surface area contributed by atoms with Gasteiger partial charge in [0.2, 0.25) is 0 Å². The zero-order valence-corrected chi connectivity index (χ0v) is 14.6. The van der Waals surface area contributed by atoms with Crippen LogP contribution >= 0.6 is 0 Å². The molecule has 2 rings (SSSR count). The third-order valence-corrected chi connectivity index (χ3v) is 3.79. The molecular weight excluding hydrogens is 286 g/mol. The van der Waals surface area contributed by atoms with Crippen LogP contribution in [0.4, 0.5) is 0 Å². The van der Waals surface area contributed by atoms with Gasteiger partial charge in [-0.15, -0.1) is 0 Å². The molecule has 0 fully saturated rings. The van der Waals surface area contributed by atoms with Crippen LogP contribution in [0.15, 0.2) is 41.7 Å². The minimum Gasteiger partial charge on any atom is -0.357 e. The van der Waals surface area contributed by atoms with E-state index in [0.29, 0.717) is 0 Å². The predicted octanol–water partition coefficient (Wildman–Crippen LogP) is 2.37. The highest BCUT2D eigenvalue weighted by Crippen LogP contribution is 2.09. The number of guanidine groups is 1. The van der Waals surface area contributed by atoms with E-state index in [1.807, 2.05) is 24.1 Å². The van der Waals surface area contributed by atoms with Crippen LogP contribution in [0.25, 0.3) is 0 Å². The van der Waals surface area contributed by atoms with Gasteiger partial charge in [0.1, 0.15) is 0 Å². The molecule has 23 heavy (non-hydrogen) atoms. The molecule has 2 aromatic rings. The van der Waals surface area contributed by atoms with Gasteiger partial charge in [-0.25, -0.2) is 0 Å². The van der Waals surface area contributed by atoms with E-state index in [2.05, 4.69) is 60.5 Å². The molecule has 5 nitrogen and oxygen atoms in total. The topological polar surface area (TPSA) is 45.5 Å². The summed E-state index contributed by atoms with van der Waals surface area (Å²) in [6.07, 6.45) is 4.85. The Kier molecular flexibility index (Phi) is 6.20. The van der Waals surface area contributed by atoms with Crippen LogP contribution in [0.3, 0.4) is 0 Å². The molecular formula is C18H27N5. The molecule has 0 radical (unpaired) electrons. The van der Waals surface area contributed by atoms with Crippen LogP contribution in [-0.4, -0.2) is 40.8 Å². The van der Waals surface area contributed by atoms with Crippen molar-refractivity contribution < 1.29 is 0 Å². The van der Waals surface area contributed by atoms with Crippen LogP contribution < -0.4 is 5.32 Å². The lowest BCUT2D eigenvalue weighted by molar-refractivity contribution is 0.476. The van der Waals surface area contributed by atoms with Crippen molar-refractivity contribution >= 4 is 5.96 Å². The monoisotopic (exact) mass is 313 g/mol. The van der Waals surface area contributed by atoms with Crippen molar-refractivity contribution in [1.82, 2.24) is 20.0 Å². The van der Waals surface area contributed by atoms with Crippen LogP contribution in [0.5, 0.6) is 0 Å². The molecule has 0 bridgehead atoms. The maximum absolute atomic E-state index is 4.74. The largest absolute Gasteiger partial charge is 0.357 e. The summed E-state index contributed by atoms with van der Waals surface area (Å²) in [6.45, 7) is 6.72. The Morgan fingerprint density at radius 2 is 2.13 bits per heavy atom. The average molecular weight is 313 g/mol. The summed E-state index contributed by atoms with van der Waals surface area (Å²) in [5, 5.41) is 7.56. The van der Waals surface area contributed by atoms with Gasteiger partial charge in [0.15, 0.2) is 5.96 Å². The number of nitrogens with one attached hydrogen (secondary N) is 1. The third kappa shape index (κ3) is 5.13. The van der Waals surface area contributed by atoms with Gasteiger partial charge in [0.05, 0.1) is 6.20 Å². The number of rotatable bonds is 6. The molecule has 0 aliphatic heterocycles. The smallest absolute Gasteiger partial charge is 0.193 e. The first-order valence-corrected chi connectivity index (χ1v) is 8.11. The molecule has 0 amide bonds. The SMILES string of the molecule is CCNC(=NCCc1cnn(C)c1)N(C)Cc1ccccc1C. The van der Waals surface area contributed by atoms with Crippen molar-refractivity contribution in [2.75, 3.05) is 20.1 Å². The van der Waals surface area contributed by atoms with Gasteiger partial charge in [-0.3, -0.25) is 9.67 Å². The second-order valence-electron chi connectivity index (χ2n) is 5.79. The van der Waals surface area contributed by atoms with E-state index in [9.17, 15) is 0 Å². The molecule has 0 aliphatic rings. The van der Waals surface area contributed by atoms with Gasteiger partial charge in [-0.05, 0) is 37.0 Å². The van der Waals surface area contributed by atoms with Gasteiger partial charge < -0.3 is 10.2 Å². The zero-order chi connectivity index (χ0) is 16.7. The van der Waals surface area contributed by atoms with Crippen molar-refractivity contribution in [3.8, 4) is 0 Å². The number of aromatic nitrogens is 2. The highest BCUT2D eigenvalue weighted by atomic mass is 15.3. The van der Waals surface area contributed by atoms with E-state index < -0.39 is 0 Å². The number of nitrogens with zero attached hydrogens (tertiary/aromatic N) is 4. The highest BCUT2D eigenvalue weighted by Gasteiger charge is 2.07. The number of benzene rings is 1. The second kappa shape index (κ2) is 8.36. The molecule has 1 aromatic heterocycles. The fourth-order valence-corrected chi connectivity index (χ4v) is 2.48. The Morgan fingerprint density at radius 3 is 2.78 bits per heavy atom. The number of aliphatic imine (C=N–C) groups is 1. The summed E-state index contributed by atoms with van der Waals surface area (Å²) in [5.74, 6) is 0.944. The molecule has 0 atom stereocenters. The lowest BCUT2D eigenvalue weighted by atomic mass is 10.1. The Balaban J connectivity index is 1.98. The number of hydrogen-bond acceptors (Lipinski definition) is 2. The second-order valence-corrected chi connectivity index (χ2v) is 5.79. The molecule has 1 aromatic carbocycles. The van der Waals surface area contributed by atoms with Crippen LogP contribution in [0.1, 0.15) is 23.6 Å². The summed E-state index contributed by atoms with van der Waals surface area (Å²) >= 11 is 0. The van der Waals surface area contributed by atoms with E-state index in [4.69, 9.17) is 4.99 Å². The first-order chi connectivity index (χ1) is 11.1. The average Bonchev–Trinajstić information content (AvgIpc) is 2.94. The summed E-state index contributed by atoms with van der Waals surface area (Å²) in [4.78, 5) is 6.91. The molecule has 1 N–H and O–H groups in total. The molecule has 0 unspecified atom stereocenters. The van der Waals surface area contributed by atoms with E-state index >= 15 is 0 Å². The summed E-state index contributed by atoms with van der Waals surface area (Å²) in [5.41, 5.74) is 3.85. The van der Waals surface area contributed by atoms with Crippen LogP contribution in [-0.2, 0) is 20.0 Å². The van der Waals surface area contributed by atoms with Crippen molar-refractivity contribution in [2.45, 2.75) is 26.8 Å². The number of hydrogen-bond donors (Lipinski definition) is 1. The van der Waals surface area contributed by atoms with Gasteiger partial charge in [0.25, 0.3) is 0 Å². The van der Waals surface area contributed by atoms with Crippen molar-refractivity contribution in [3.63, 3.8) is 0 Å². The summed E-state index contributed by atoms with van der Waals surface area (Å²) in [7, 11) is 4.02. The van der Waals surface area contributed by atoms with Gasteiger partial charge in [0, 0.05) is 39.9 Å². The van der Waals surface area contributed by atoms with E-state index in [1.54, 1.807) is 0 Å². The normalized spacial score (nSPS) is 11.6. The molecule has 5 heteroatoms. The molecule has 124 valence electrons. The summed E-state index contributed by atoms with van der Waals surface area (Å²) < 4.78 is 1.83. The van der Waals surface area contributed by atoms with Crippen LogP contribution in [0.2, 0.25) is 0 Å². The standard InChI is InChI=1S/C18H27N5/c1-5-19-18(20-11-10-16-12-21-23(4)13-16)22(3)14-17-9-7-6-8-15(17)2/h6-9,12-13H,5,10-11,14H2,1-4H3,(H,19,20). The Labute approximate surface area is 139 Å². The lowest BCUT2D eigenvalue weighted by Crippen LogP contribution is -2.38. The van der Waals surface area contributed by atoms with Crippen molar-refractivity contribution in [2.24, 2.45) is 12.0 Å². The molecule has 1 heterocycles. The Hall–Kier alpha value is -2.30. The third-order valence-electron chi connectivity index (χ3n) is 3.79. The highest BCUT2D eigenvalue weighted by molar-refractivity contribution is 5.79. The fourth-order valence-electron chi connectivity index (χ4n) is 2.48. The van der Waals surface area contributed by atoms with Gasteiger partial charge in [-0.2, -0.15) is 5.10 Å². The quantitative estimate of drug-likeness (QED) is 0.658. The van der Waals surface area contributed by atoms with Crippen molar-refractivity contribution in [3.05, 3.63) is 53.3 Å². The summed E-state index contributed by atoms with van der Waals surface area (Å²) in [6, 6.07) is 8.48. The van der Waals surface area contributed by atoms with E-state index in [1.165, 1.54) is 16.7 Å². The van der Waals surface area contributed by atoms with Crippen molar-refractivity contribution in [1.29, 1.82) is 0 Å². The Morgan fingerprint density at radius 1 is 1.35 bits per heavy atom. The minimum atomic E-state index is 0.756. The maximum atomic E-state index is 4.74. The first kappa shape index (κ1) is 17.1. The minimum absolute atomic E-state index is 0.756. The van der Waals surface area contributed by atoms with E-state index in [-0.39, 0.29) is 0 Å². The fraction of sp³-hybridized carbons (Fsp3) is 0.444. The molecule has 0 saturated heterocycles. The maximum Gasteiger partial charge on any atom is 0.193 e. The van der Waals surface area contributed by atoms with E-state index in [0.717, 1.165) is 32.0 Å². The zero-order valence-electron chi connectivity index (χ0n) is 14.6. The van der Waals surface area contributed by atoms with Crippen LogP contribution in [0, 0.1) is 6.92 Å². The molecule has 0 spiro atoms. The van der Waals surface area contributed by atoms with Gasteiger partial charge in [-0.1, -0.05) is 24.3 Å². The Bertz CT molecular complexity index is 644. The predicted molar refractivity (Wildman–Crippen MR) is 95.5 cm³/mol. The number of aryl methyl sites for hydroxylation is 2.